The van der Waals surface area contributed by atoms with Crippen molar-refractivity contribution in [2.45, 2.75) is 19.4 Å². The average Bonchev–Trinajstić information content (AvgIpc) is 2.87. The highest BCUT2D eigenvalue weighted by Gasteiger charge is 2.11. The molecule has 2 rings (SSSR count). The predicted molar refractivity (Wildman–Crippen MR) is 77.7 cm³/mol. The maximum Gasteiger partial charge on any atom is 0.257 e. The summed E-state index contributed by atoms with van der Waals surface area (Å²) in [5, 5.41) is 7.03. The van der Waals surface area contributed by atoms with Crippen molar-refractivity contribution in [1.29, 1.82) is 0 Å². The first-order chi connectivity index (χ1) is 9.10. The van der Waals surface area contributed by atoms with Crippen LogP contribution in [0, 0.1) is 0 Å². The van der Waals surface area contributed by atoms with Gasteiger partial charge < -0.3 is 15.6 Å². The second kappa shape index (κ2) is 7.02. The fourth-order valence-electron chi connectivity index (χ4n) is 1.61. The summed E-state index contributed by atoms with van der Waals surface area (Å²) in [7, 11) is 1.88. The zero-order valence-corrected chi connectivity index (χ0v) is 12.1. The van der Waals surface area contributed by atoms with Crippen molar-refractivity contribution < 1.29 is 9.32 Å². The quantitative estimate of drug-likeness (QED) is 0.870. The molecule has 1 aromatic heterocycles. The largest absolute Gasteiger partial charge is 0.366 e. The van der Waals surface area contributed by atoms with Crippen LogP contribution >= 0.6 is 12.4 Å². The molecule has 7 heteroatoms. The molecule has 20 heavy (non-hydrogen) atoms. The number of likely N-dealkylation sites (N-methyl/N-ethyl adjacent to an activating group) is 1. The Hall–Kier alpha value is -1.92. The molecule has 1 atom stereocenters. The first-order valence-corrected chi connectivity index (χ1v) is 6.00. The van der Waals surface area contributed by atoms with Crippen molar-refractivity contribution in [2.75, 3.05) is 7.05 Å². The molecule has 1 unspecified atom stereocenters. The third-order valence-electron chi connectivity index (χ3n) is 2.87. The molecule has 108 valence electrons. The smallest absolute Gasteiger partial charge is 0.257 e. The lowest BCUT2D eigenvalue weighted by Crippen LogP contribution is -2.24. The summed E-state index contributed by atoms with van der Waals surface area (Å²) in [6.45, 7) is 2.04. The van der Waals surface area contributed by atoms with Crippen molar-refractivity contribution in [1.82, 2.24) is 15.5 Å². The Morgan fingerprint density at radius 1 is 1.40 bits per heavy atom. The number of halogens is 1. The number of nitrogens with one attached hydrogen (secondary N) is 1. The summed E-state index contributed by atoms with van der Waals surface area (Å²) in [5.41, 5.74) is 6.40. The van der Waals surface area contributed by atoms with Crippen LogP contribution in [0.5, 0.6) is 0 Å². The van der Waals surface area contributed by atoms with Gasteiger partial charge in [-0.25, -0.2) is 0 Å². The summed E-state index contributed by atoms with van der Waals surface area (Å²) < 4.78 is 5.19. The fraction of sp³-hybridized carbons (Fsp3) is 0.308. The molecular formula is C13H17ClN4O2. The number of carbonyl (C=O) groups excluding carboxylic acids is 1. The third kappa shape index (κ3) is 3.79. The summed E-state index contributed by atoms with van der Waals surface area (Å²) in [6.07, 6.45) is 0.694. The first kappa shape index (κ1) is 16.1. The van der Waals surface area contributed by atoms with E-state index in [-0.39, 0.29) is 18.4 Å². The molecule has 0 saturated heterocycles. The minimum atomic E-state index is -0.458. The van der Waals surface area contributed by atoms with E-state index in [9.17, 15) is 4.79 Å². The molecule has 0 saturated carbocycles. The third-order valence-corrected chi connectivity index (χ3v) is 2.87. The molecule has 0 fully saturated rings. The lowest BCUT2D eigenvalue weighted by molar-refractivity contribution is 0.100. The Morgan fingerprint density at radius 2 is 2.05 bits per heavy atom. The number of benzene rings is 1. The molecule has 1 aromatic carbocycles. The van der Waals surface area contributed by atoms with E-state index < -0.39 is 5.91 Å². The number of hydrogen-bond donors (Lipinski definition) is 2. The van der Waals surface area contributed by atoms with Gasteiger partial charge in [0.05, 0.1) is 0 Å². The van der Waals surface area contributed by atoms with Gasteiger partial charge in [-0.3, -0.25) is 4.79 Å². The van der Waals surface area contributed by atoms with Gasteiger partial charge in [-0.05, 0) is 38.2 Å². The van der Waals surface area contributed by atoms with E-state index in [1.165, 1.54) is 0 Å². The van der Waals surface area contributed by atoms with Gasteiger partial charge in [0.1, 0.15) is 0 Å². The number of rotatable bonds is 5. The van der Waals surface area contributed by atoms with E-state index in [1.54, 1.807) is 24.3 Å². The van der Waals surface area contributed by atoms with Crippen LogP contribution < -0.4 is 11.1 Å². The summed E-state index contributed by atoms with van der Waals surface area (Å²) in [5.74, 6) is 0.630. The molecule has 0 spiro atoms. The molecule has 0 radical (unpaired) electrons. The average molecular weight is 297 g/mol. The number of primary amides is 1. The van der Waals surface area contributed by atoms with Crippen molar-refractivity contribution >= 4 is 18.3 Å². The van der Waals surface area contributed by atoms with Crippen LogP contribution in [0.15, 0.2) is 28.8 Å². The van der Waals surface area contributed by atoms with E-state index in [0.717, 1.165) is 5.56 Å². The Balaban J connectivity index is 0.00000200. The zero-order valence-electron chi connectivity index (χ0n) is 11.3. The van der Waals surface area contributed by atoms with Crippen LogP contribution in [0.2, 0.25) is 0 Å². The highest BCUT2D eigenvalue weighted by atomic mass is 35.5. The Labute approximate surface area is 123 Å². The monoisotopic (exact) mass is 296 g/mol. The van der Waals surface area contributed by atoms with Crippen LogP contribution in [-0.4, -0.2) is 29.1 Å². The lowest BCUT2D eigenvalue weighted by Gasteiger charge is -2.04. The van der Waals surface area contributed by atoms with Gasteiger partial charge in [0, 0.05) is 23.6 Å². The van der Waals surface area contributed by atoms with Crippen LogP contribution in [-0.2, 0) is 6.42 Å². The molecule has 2 aromatic rings. The lowest BCUT2D eigenvalue weighted by atomic mass is 10.1. The maximum atomic E-state index is 11.0. The van der Waals surface area contributed by atoms with Crippen LogP contribution in [0.4, 0.5) is 0 Å². The van der Waals surface area contributed by atoms with Crippen molar-refractivity contribution in [3.63, 3.8) is 0 Å². The summed E-state index contributed by atoms with van der Waals surface area (Å²) >= 11 is 0. The van der Waals surface area contributed by atoms with Gasteiger partial charge in [-0.1, -0.05) is 5.16 Å². The van der Waals surface area contributed by atoms with E-state index in [1.807, 2.05) is 14.0 Å². The van der Waals surface area contributed by atoms with E-state index in [0.29, 0.717) is 23.7 Å². The highest BCUT2D eigenvalue weighted by molar-refractivity contribution is 5.93. The molecular weight excluding hydrogens is 280 g/mol. The molecule has 6 nitrogen and oxygen atoms in total. The van der Waals surface area contributed by atoms with Crippen molar-refractivity contribution in [3.05, 3.63) is 35.7 Å². The molecule has 0 bridgehead atoms. The van der Waals surface area contributed by atoms with Gasteiger partial charge >= 0.3 is 0 Å². The Bertz CT molecular complexity index is 568. The number of amides is 1. The number of aromatic nitrogens is 2. The molecule has 1 heterocycles. The first-order valence-electron chi connectivity index (χ1n) is 6.00. The van der Waals surface area contributed by atoms with E-state index in [4.69, 9.17) is 10.3 Å². The molecule has 0 aliphatic rings. The van der Waals surface area contributed by atoms with Gasteiger partial charge in [0.25, 0.3) is 5.89 Å². The van der Waals surface area contributed by atoms with Gasteiger partial charge in [-0.15, -0.1) is 12.4 Å². The SMILES string of the molecule is CNC(C)Cc1noc(-c2ccc(C(N)=O)cc2)n1.Cl. The number of carbonyl (C=O) groups is 1. The second-order valence-electron chi connectivity index (χ2n) is 4.35. The standard InChI is InChI=1S/C13H16N4O2.ClH/c1-8(15-2)7-11-16-13(19-17-11)10-5-3-9(4-6-10)12(14)18;/h3-6,8,15H,7H2,1-2H3,(H2,14,18);1H. The van der Waals surface area contributed by atoms with Gasteiger partial charge in [0.2, 0.25) is 5.91 Å². The molecule has 0 aliphatic carbocycles. The number of nitrogens with zero attached hydrogens (tertiary/aromatic N) is 2. The predicted octanol–water partition coefficient (Wildman–Crippen LogP) is 1.41. The fourth-order valence-corrected chi connectivity index (χ4v) is 1.61. The zero-order chi connectivity index (χ0) is 13.8. The van der Waals surface area contributed by atoms with Gasteiger partial charge in [-0.2, -0.15) is 4.98 Å². The molecule has 3 N–H and O–H groups in total. The number of nitrogens with two attached hydrogens (primary N) is 1. The van der Waals surface area contributed by atoms with Crippen LogP contribution in [0.1, 0.15) is 23.1 Å². The maximum absolute atomic E-state index is 11.0. The van der Waals surface area contributed by atoms with Gasteiger partial charge in [0.15, 0.2) is 5.82 Å². The van der Waals surface area contributed by atoms with Crippen molar-refractivity contribution in [3.8, 4) is 11.5 Å². The molecule has 1 amide bonds. The Kier molecular flexibility index (Phi) is 5.66. The summed E-state index contributed by atoms with van der Waals surface area (Å²) in [6, 6.07) is 7.02. The van der Waals surface area contributed by atoms with Crippen LogP contribution in [0.3, 0.4) is 0 Å². The highest BCUT2D eigenvalue weighted by Crippen LogP contribution is 2.18. The molecule has 0 aliphatic heterocycles. The minimum Gasteiger partial charge on any atom is -0.366 e. The summed E-state index contributed by atoms with van der Waals surface area (Å²) in [4.78, 5) is 15.3. The van der Waals surface area contributed by atoms with Crippen LogP contribution in [0.25, 0.3) is 11.5 Å². The Morgan fingerprint density at radius 3 is 2.60 bits per heavy atom. The van der Waals surface area contributed by atoms with E-state index in [2.05, 4.69) is 15.5 Å². The normalized spacial score (nSPS) is 11.7. The van der Waals surface area contributed by atoms with E-state index >= 15 is 0 Å². The minimum absolute atomic E-state index is 0. The topological polar surface area (TPSA) is 94.0 Å². The second-order valence-corrected chi connectivity index (χ2v) is 4.35. The van der Waals surface area contributed by atoms with Crippen molar-refractivity contribution in [2.24, 2.45) is 5.73 Å². The number of hydrogen-bond acceptors (Lipinski definition) is 5.